The second kappa shape index (κ2) is 10.7. The fraction of sp³-hybridized carbons (Fsp3) is 0.429. The third-order valence-electron chi connectivity index (χ3n) is 4.35. The molecule has 3 aromatic rings. The summed E-state index contributed by atoms with van der Waals surface area (Å²) in [6, 6.07) is 5.18. The van der Waals surface area contributed by atoms with Gasteiger partial charge in [-0.25, -0.2) is 14.6 Å². The van der Waals surface area contributed by atoms with Gasteiger partial charge in [0, 0.05) is 23.4 Å². The van der Waals surface area contributed by atoms with Gasteiger partial charge in [0.2, 0.25) is 0 Å². The number of amides is 1. The Balaban J connectivity index is 1.77. The molecule has 0 saturated heterocycles. The van der Waals surface area contributed by atoms with Crippen molar-refractivity contribution in [1.82, 2.24) is 25.1 Å². The summed E-state index contributed by atoms with van der Waals surface area (Å²) in [6.45, 7) is 7.10. The Morgan fingerprint density at radius 2 is 2.13 bits per heavy atom. The van der Waals surface area contributed by atoms with Crippen molar-refractivity contribution in [2.24, 2.45) is 0 Å². The summed E-state index contributed by atoms with van der Waals surface area (Å²) < 4.78 is 7.04. The molecule has 0 spiro atoms. The van der Waals surface area contributed by atoms with Crippen LogP contribution in [0.5, 0.6) is 5.75 Å². The van der Waals surface area contributed by atoms with Crippen LogP contribution in [0.3, 0.4) is 0 Å². The SMILES string of the molecule is CCCSc1nc(NC(C)C)c2cnn(CCNC(=O)c3cc(Cl)ccc3OC)c2n1. The molecule has 0 radical (unpaired) electrons. The Bertz CT molecular complexity index is 1060. The number of hydrogen-bond acceptors (Lipinski definition) is 7. The van der Waals surface area contributed by atoms with Gasteiger partial charge in [-0.3, -0.25) is 4.79 Å². The summed E-state index contributed by atoms with van der Waals surface area (Å²) >= 11 is 7.65. The van der Waals surface area contributed by atoms with E-state index in [0.717, 1.165) is 29.0 Å². The molecule has 0 fully saturated rings. The molecule has 0 aliphatic rings. The number of nitrogens with zero attached hydrogens (tertiary/aromatic N) is 4. The van der Waals surface area contributed by atoms with E-state index >= 15 is 0 Å². The van der Waals surface area contributed by atoms with Crippen LogP contribution in [0.25, 0.3) is 11.0 Å². The van der Waals surface area contributed by atoms with Crippen molar-refractivity contribution in [3.63, 3.8) is 0 Å². The number of carbonyl (C=O) groups excluding carboxylic acids is 1. The van der Waals surface area contributed by atoms with Crippen molar-refractivity contribution >= 4 is 46.1 Å². The van der Waals surface area contributed by atoms with E-state index in [-0.39, 0.29) is 11.9 Å². The van der Waals surface area contributed by atoms with Crippen LogP contribution in [0.4, 0.5) is 5.82 Å². The van der Waals surface area contributed by atoms with Crippen LogP contribution in [-0.4, -0.2) is 51.1 Å². The Labute approximate surface area is 191 Å². The predicted molar refractivity (Wildman–Crippen MR) is 125 cm³/mol. The summed E-state index contributed by atoms with van der Waals surface area (Å²) in [5.41, 5.74) is 1.13. The first kappa shape index (κ1) is 23.1. The number of rotatable bonds is 10. The molecule has 1 aromatic carbocycles. The lowest BCUT2D eigenvalue weighted by Gasteiger charge is -2.12. The highest BCUT2D eigenvalue weighted by Crippen LogP contribution is 2.25. The Kier molecular flexibility index (Phi) is 7.97. The van der Waals surface area contributed by atoms with Crippen molar-refractivity contribution in [3.8, 4) is 5.75 Å². The topological polar surface area (TPSA) is 94.0 Å². The highest BCUT2D eigenvalue weighted by atomic mass is 35.5. The molecular weight excluding hydrogens is 436 g/mol. The van der Waals surface area contributed by atoms with Crippen LogP contribution in [0, 0.1) is 0 Å². The van der Waals surface area contributed by atoms with Gasteiger partial charge in [0.25, 0.3) is 5.91 Å². The number of carbonyl (C=O) groups is 1. The molecule has 0 bridgehead atoms. The normalized spacial score (nSPS) is 11.2. The molecule has 0 aliphatic carbocycles. The van der Waals surface area contributed by atoms with Crippen LogP contribution in [0.15, 0.2) is 29.6 Å². The van der Waals surface area contributed by atoms with Gasteiger partial charge < -0.3 is 15.4 Å². The molecule has 10 heteroatoms. The summed E-state index contributed by atoms with van der Waals surface area (Å²) in [7, 11) is 1.52. The molecule has 1 amide bonds. The fourth-order valence-corrected chi connectivity index (χ4v) is 3.83. The molecule has 2 N–H and O–H groups in total. The lowest BCUT2D eigenvalue weighted by molar-refractivity contribution is 0.0949. The van der Waals surface area contributed by atoms with Gasteiger partial charge in [0.1, 0.15) is 11.6 Å². The molecule has 0 saturated carbocycles. The van der Waals surface area contributed by atoms with Crippen LogP contribution in [-0.2, 0) is 6.54 Å². The molecule has 2 aromatic heterocycles. The largest absolute Gasteiger partial charge is 0.496 e. The first-order valence-corrected chi connectivity index (χ1v) is 11.5. The minimum absolute atomic E-state index is 0.234. The molecule has 0 unspecified atom stereocenters. The number of anilines is 1. The zero-order chi connectivity index (χ0) is 22.4. The molecule has 31 heavy (non-hydrogen) atoms. The van der Waals surface area contributed by atoms with Gasteiger partial charge >= 0.3 is 0 Å². The maximum Gasteiger partial charge on any atom is 0.255 e. The summed E-state index contributed by atoms with van der Waals surface area (Å²) in [6.07, 6.45) is 2.80. The Hall–Kier alpha value is -2.52. The molecule has 0 aliphatic heterocycles. The van der Waals surface area contributed by atoms with Crippen LogP contribution in [0.1, 0.15) is 37.6 Å². The number of ether oxygens (including phenoxy) is 1. The predicted octanol–water partition coefficient (Wildman–Crippen LogP) is 4.24. The number of benzene rings is 1. The number of aromatic nitrogens is 4. The number of thioether (sulfide) groups is 1. The maximum atomic E-state index is 12.6. The van der Waals surface area contributed by atoms with Crippen molar-refractivity contribution in [3.05, 3.63) is 35.0 Å². The fourth-order valence-electron chi connectivity index (χ4n) is 2.97. The third-order valence-corrected chi connectivity index (χ3v) is 5.64. The highest BCUT2D eigenvalue weighted by molar-refractivity contribution is 7.99. The quantitative estimate of drug-likeness (QED) is 0.343. The zero-order valence-electron chi connectivity index (χ0n) is 18.1. The van der Waals surface area contributed by atoms with E-state index in [1.807, 2.05) is 0 Å². The maximum absolute atomic E-state index is 12.6. The smallest absolute Gasteiger partial charge is 0.255 e. The van der Waals surface area contributed by atoms with Crippen molar-refractivity contribution in [2.45, 2.75) is 44.9 Å². The van der Waals surface area contributed by atoms with E-state index in [2.05, 4.69) is 41.5 Å². The molecule has 0 atom stereocenters. The van der Waals surface area contributed by atoms with Crippen molar-refractivity contribution in [2.75, 3.05) is 24.7 Å². The highest BCUT2D eigenvalue weighted by Gasteiger charge is 2.16. The van der Waals surface area contributed by atoms with Gasteiger partial charge in [-0.15, -0.1) is 0 Å². The van der Waals surface area contributed by atoms with E-state index in [1.54, 1.807) is 40.8 Å². The Morgan fingerprint density at radius 1 is 1.32 bits per heavy atom. The molecule has 3 rings (SSSR count). The van der Waals surface area contributed by atoms with Crippen LogP contribution < -0.4 is 15.4 Å². The summed E-state index contributed by atoms with van der Waals surface area (Å²) in [5.74, 6) is 1.93. The lowest BCUT2D eigenvalue weighted by atomic mass is 10.2. The van der Waals surface area contributed by atoms with E-state index in [4.69, 9.17) is 21.3 Å². The van der Waals surface area contributed by atoms with Crippen LogP contribution >= 0.6 is 23.4 Å². The number of fused-ring (bicyclic) bond motifs is 1. The van der Waals surface area contributed by atoms with Gasteiger partial charge in [0.15, 0.2) is 10.8 Å². The number of methoxy groups -OCH3 is 1. The third kappa shape index (κ3) is 5.80. The second-order valence-electron chi connectivity index (χ2n) is 7.21. The lowest BCUT2D eigenvalue weighted by Crippen LogP contribution is -2.28. The first-order valence-electron chi connectivity index (χ1n) is 10.2. The number of hydrogen-bond donors (Lipinski definition) is 2. The summed E-state index contributed by atoms with van der Waals surface area (Å²) in [4.78, 5) is 22.0. The molecule has 166 valence electrons. The number of halogens is 1. The Morgan fingerprint density at radius 3 is 2.84 bits per heavy atom. The minimum atomic E-state index is -0.258. The minimum Gasteiger partial charge on any atom is -0.496 e. The molecular formula is C21H27ClN6O2S. The average Bonchev–Trinajstić information content (AvgIpc) is 3.15. The summed E-state index contributed by atoms with van der Waals surface area (Å²) in [5, 5.41) is 12.8. The second-order valence-corrected chi connectivity index (χ2v) is 8.71. The van der Waals surface area contributed by atoms with Gasteiger partial charge in [-0.2, -0.15) is 5.10 Å². The van der Waals surface area contributed by atoms with Gasteiger partial charge in [0.05, 0.1) is 30.8 Å². The van der Waals surface area contributed by atoms with E-state index in [0.29, 0.717) is 34.6 Å². The molecule has 8 nitrogen and oxygen atoms in total. The zero-order valence-corrected chi connectivity index (χ0v) is 19.7. The van der Waals surface area contributed by atoms with E-state index < -0.39 is 0 Å². The van der Waals surface area contributed by atoms with Crippen molar-refractivity contribution in [1.29, 1.82) is 0 Å². The first-order chi connectivity index (χ1) is 14.9. The monoisotopic (exact) mass is 462 g/mol. The molecule has 2 heterocycles. The van der Waals surface area contributed by atoms with E-state index in [1.165, 1.54) is 7.11 Å². The average molecular weight is 463 g/mol. The van der Waals surface area contributed by atoms with Crippen molar-refractivity contribution < 1.29 is 9.53 Å². The number of nitrogens with one attached hydrogen (secondary N) is 2. The van der Waals surface area contributed by atoms with Gasteiger partial charge in [-0.1, -0.05) is 30.3 Å². The van der Waals surface area contributed by atoms with E-state index in [9.17, 15) is 4.79 Å². The van der Waals surface area contributed by atoms with Gasteiger partial charge in [-0.05, 0) is 38.5 Å². The van der Waals surface area contributed by atoms with Crippen LogP contribution in [0.2, 0.25) is 5.02 Å². The standard InChI is InChI=1S/C21H27ClN6O2S/c1-5-10-31-21-26-18(25-13(2)3)16-12-24-28(19(16)27-21)9-8-23-20(29)15-11-14(22)6-7-17(15)30-4/h6-7,11-13H,5,8-10H2,1-4H3,(H,23,29)(H,25,26,27).